The predicted molar refractivity (Wildman–Crippen MR) is 175 cm³/mol. The average molecular weight is 675 g/mol. The van der Waals surface area contributed by atoms with Gasteiger partial charge in [0, 0.05) is 12.0 Å². The van der Waals surface area contributed by atoms with E-state index in [1.165, 1.54) is 25.7 Å². The van der Waals surface area contributed by atoms with E-state index in [0.29, 0.717) is 19.4 Å². The molecule has 48 heavy (non-hydrogen) atoms. The van der Waals surface area contributed by atoms with Gasteiger partial charge in [-0.25, -0.2) is 9.59 Å². The fraction of sp³-hybridized carbons (Fsp3) is 0.794. The molecule has 268 valence electrons. The number of carbonyl (C=O) groups excluding carboxylic acids is 6. The highest BCUT2D eigenvalue weighted by atomic mass is 16.4. The van der Waals surface area contributed by atoms with Gasteiger partial charge in [0.05, 0.1) is 6.04 Å². The third-order valence-electron chi connectivity index (χ3n) is 12.2. The molecule has 3 aliphatic carbocycles. The van der Waals surface area contributed by atoms with E-state index < -0.39 is 76.5 Å². The molecular formula is C34H54N6O8. The molecule has 0 aromatic carbocycles. The maximum Gasteiger partial charge on any atom is 0.328 e. The molecule has 5 atom stereocenters. The number of aliphatic carboxylic acids is 1. The summed E-state index contributed by atoms with van der Waals surface area (Å²) in [6.07, 6.45) is 6.53. The van der Waals surface area contributed by atoms with E-state index in [1.807, 2.05) is 0 Å². The van der Waals surface area contributed by atoms with Crippen molar-refractivity contribution in [3.05, 3.63) is 0 Å². The van der Waals surface area contributed by atoms with Crippen LogP contribution in [0, 0.1) is 27.6 Å². The van der Waals surface area contributed by atoms with Crippen LogP contribution >= 0.6 is 0 Å². The van der Waals surface area contributed by atoms with Crippen molar-refractivity contribution in [1.82, 2.24) is 26.2 Å². The van der Waals surface area contributed by atoms with Gasteiger partial charge in [0.15, 0.2) is 0 Å². The van der Waals surface area contributed by atoms with Crippen LogP contribution in [0.1, 0.15) is 107 Å². The Kier molecular flexibility index (Phi) is 9.77. The number of nitrogens with two attached hydrogens (primary N) is 1. The molecule has 1 heterocycles. The molecule has 14 nitrogen and oxygen atoms in total. The van der Waals surface area contributed by atoms with E-state index in [4.69, 9.17) is 5.73 Å². The van der Waals surface area contributed by atoms with Crippen molar-refractivity contribution in [3.63, 3.8) is 0 Å². The number of nitrogens with one attached hydrogen (secondary N) is 4. The number of carbonyl (C=O) groups is 7. The molecule has 14 heteroatoms. The molecule has 0 bridgehead atoms. The first-order chi connectivity index (χ1) is 22.0. The number of primary amides is 1. The highest BCUT2D eigenvalue weighted by Gasteiger charge is 2.85. The van der Waals surface area contributed by atoms with E-state index in [1.54, 1.807) is 20.8 Å². The summed E-state index contributed by atoms with van der Waals surface area (Å²) in [7, 11) is 0. The maximum absolute atomic E-state index is 14.5. The van der Waals surface area contributed by atoms with Crippen LogP contribution in [-0.4, -0.2) is 87.7 Å². The number of amides is 6. The number of carboxylic acid groups (broad SMARTS) is 1. The topological polar surface area (TPSA) is 217 Å². The summed E-state index contributed by atoms with van der Waals surface area (Å²) in [6, 6.07) is -5.09. The van der Waals surface area contributed by atoms with Crippen LogP contribution in [-0.2, 0) is 28.8 Å². The number of hydrogen-bond acceptors (Lipinski definition) is 7. The Morgan fingerprint density at radius 2 is 1.52 bits per heavy atom. The predicted octanol–water partition coefficient (Wildman–Crippen LogP) is 1.60. The molecule has 7 N–H and O–H groups in total. The smallest absolute Gasteiger partial charge is 0.328 e. The second-order valence-electron chi connectivity index (χ2n) is 16.7. The Balaban J connectivity index is 1.57. The Hall–Kier alpha value is -3.71. The Morgan fingerprint density at radius 1 is 0.917 bits per heavy atom. The van der Waals surface area contributed by atoms with E-state index in [0.717, 1.165) is 38.5 Å². The number of carboxylic acids is 1. The van der Waals surface area contributed by atoms with E-state index in [-0.39, 0.29) is 22.2 Å². The number of nitrogens with zero attached hydrogens (tertiary/aromatic N) is 1. The van der Waals surface area contributed by atoms with Gasteiger partial charge in [0.1, 0.15) is 23.7 Å². The molecule has 1 unspecified atom stereocenters. The van der Waals surface area contributed by atoms with Crippen LogP contribution in [0.25, 0.3) is 0 Å². The van der Waals surface area contributed by atoms with Crippen LogP contribution < -0.4 is 27.0 Å². The number of hydrogen-bond donors (Lipinski definition) is 6. The van der Waals surface area contributed by atoms with Gasteiger partial charge in [-0.1, -0.05) is 60.3 Å². The highest BCUT2D eigenvalue weighted by molar-refractivity contribution is 6.37. The number of Topliss-reactive ketones (excluding diaryl/α,β-unsaturated/α-hetero) is 1. The monoisotopic (exact) mass is 674 g/mol. The van der Waals surface area contributed by atoms with Gasteiger partial charge in [-0.15, -0.1) is 0 Å². The van der Waals surface area contributed by atoms with Crippen molar-refractivity contribution in [3.8, 4) is 0 Å². The zero-order valence-electron chi connectivity index (χ0n) is 29.6. The van der Waals surface area contributed by atoms with E-state index >= 15 is 0 Å². The molecule has 0 radical (unpaired) electrons. The van der Waals surface area contributed by atoms with Crippen LogP contribution in [0.4, 0.5) is 4.79 Å². The van der Waals surface area contributed by atoms with Gasteiger partial charge < -0.3 is 37.0 Å². The van der Waals surface area contributed by atoms with Crippen LogP contribution in [0.5, 0.6) is 0 Å². The van der Waals surface area contributed by atoms with Gasteiger partial charge in [-0.05, 0) is 68.6 Å². The first-order valence-electron chi connectivity index (χ1n) is 17.1. The SMILES string of the molecule is C[C@H](NC(=O)N[C@H](C(=O)N1C[C@]2(C[C@H]1C(=O)NC(CC1CCC1)C(=O)C(N)=O)C(C)(C)C21CCC1)C(C)(C)C)C(=O)NC(C)(C)C(=O)O. The second kappa shape index (κ2) is 12.6. The summed E-state index contributed by atoms with van der Waals surface area (Å²) in [5.41, 5.74) is 2.46. The van der Waals surface area contributed by atoms with Gasteiger partial charge in [-0.2, -0.15) is 0 Å². The molecule has 0 aromatic rings. The summed E-state index contributed by atoms with van der Waals surface area (Å²) in [5.74, 6) is -4.77. The Labute approximate surface area is 282 Å². The fourth-order valence-electron chi connectivity index (χ4n) is 8.52. The van der Waals surface area contributed by atoms with Crippen LogP contribution in [0.2, 0.25) is 0 Å². The van der Waals surface area contributed by atoms with Crippen molar-refractivity contribution in [2.24, 2.45) is 33.3 Å². The van der Waals surface area contributed by atoms with Crippen molar-refractivity contribution in [2.45, 2.75) is 136 Å². The van der Waals surface area contributed by atoms with Crippen LogP contribution in [0.3, 0.4) is 0 Å². The van der Waals surface area contributed by atoms with Crippen molar-refractivity contribution in [1.29, 1.82) is 0 Å². The Bertz CT molecular complexity index is 1380. The molecular weight excluding hydrogens is 620 g/mol. The average Bonchev–Trinajstić information content (AvgIpc) is 3.14. The second-order valence-corrected chi connectivity index (χ2v) is 16.7. The van der Waals surface area contributed by atoms with Gasteiger partial charge in [0.25, 0.3) is 5.91 Å². The molecule has 6 amide bonds. The molecule has 4 aliphatic rings. The standard InChI is InChI=1S/C34H54N6O8/c1-18(25(43)39-31(5,6)28(46)47)36-29(48)38-23(30(2,3)4)27(45)40-17-34(32(7,8)33(34)13-10-14-33)16-21(40)26(44)37-20(22(41)24(35)42)15-19-11-9-12-19/h18-21,23H,9-17H2,1-8H3,(H2,35,42)(H,37,44)(H,39,43)(H,46,47)(H2,36,38,48)/t18-,20?,21-,23+,34+/m0/s1. The molecule has 0 aromatic heterocycles. The largest absolute Gasteiger partial charge is 0.480 e. The van der Waals surface area contributed by atoms with E-state index in [2.05, 4.69) is 35.1 Å². The maximum atomic E-state index is 14.5. The minimum absolute atomic E-state index is 0.0174. The lowest BCUT2D eigenvalue weighted by molar-refractivity contribution is -0.146. The minimum atomic E-state index is -1.57. The van der Waals surface area contributed by atoms with Gasteiger partial charge in [0.2, 0.25) is 23.5 Å². The lowest BCUT2D eigenvalue weighted by atomic mass is 9.73. The zero-order valence-corrected chi connectivity index (χ0v) is 29.6. The summed E-state index contributed by atoms with van der Waals surface area (Å²) in [6.45, 7) is 14.0. The zero-order chi connectivity index (χ0) is 36.2. The number of likely N-dealkylation sites (tertiary alicyclic amines) is 1. The number of urea groups is 1. The molecule has 3 saturated carbocycles. The van der Waals surface area contributed by atoms with Crippen molar-refractivity contribution in [2.75, 3.05) is 6.54 Å². The van der Waals surface area contributed by atoms with Crippen LogP contribution in [0.15, 0.2) is 0 Å². The minimum Gasteiger partial charge on any atom is -0.480 e. The van der Waals surface area contributed by atoms with Crippen molar-refractivity contribution >= 4 is 41.4 Å². The quantitative estimate of drug-likeness (QED) is 0.167. The molecule has 1 aliphatic heterocycles. The summed E-state index contributed by atoms with van der Waals surface area (Å²) >= 11 is 0. The summed E-state index contributed by atoms with van der Waals surface area (Å²) in [5, 5.41) is 19.7. The normalized spacial score (nSPS) is 25.9. The number of fused-ring (bicyclic) bond motifs is 1. The third kappa shape index (κ3) is 6.38. The van der Waals surface area contributed by atoms with Gasteiger partial charge >= 0.3 is 12.0 Å². The number of ketones is 1. The first-order valence-corrected chi connectivity index (χ1v) is 17.1. The lowest BCUT2D eigenvalue weighted by Crippen LogP contribution is -2.61. The molecule has 4 rings (SSSR count). The number of rotatable bonds is 12. The third-order valence-corrected chi connectivity index (χ3v) is 12.2. The van der Waals surface area contributed by atoms with Gasteiger partial charge in [-0.3, -0.25) is 24.0 Å². The lowest BCUT2D eigenvalue weighted by Gasteiger charge is -2.36. The van der Waals surface area contributed by atoms with Crippen molar-refractivity contribution < 1.29 is 38.7 Å². The molecule has 1 saturated heterocycles. The first kappa shape index (κ1) is 37.1. The molecule has 2 spiro atoms. The van der Waals surface area contributed by atoms with E-state index in [9.17, 15) is 38.7 Å². The summed E-state index contributed by atoms with van der Waals surface area (Å²) in [4.78, 5) is 92.2. The summed E-state index contributed by atoms with van der Waals surface area (Å²) < 4.78 is 0. The Morgan fingerprint density at radius 3 is 1.96 bits per heavy atom. The molecule has 4 fully saturated rings. The highest BCUT2D eigenvalue weighted by Crippen LogP contribution is 2.88. The fourth-order valence-corrected chi connectivity index (χ4v) is 8.52.